The molecule has 0 unspecified atom stereocenters. The maximum Gasteiger partial charge on any atom is 0.323 e. The predicted molar refractivity (Wildman–Crippen MR) is 78.8 cm³/mol. The van der Waals surface area contributed by atoms with Crippen LogP contribution in [0.1, 0.15) is 33.1 Å². The highest BCUT2D eigenvalue weighted by atomic mass is 16.5. The molecule has 1 aromatic heterocycles. The summed E-state index contributed by atoms with van der Waals surface area (Å²) in [6, 6.07) is 0.271. The first-order valence-corrected chi connectivity index (χ1v) is 7.28. The average Bonchev–Trinajstić information content (AvgIpc) is 2.38. The number of hydrogen-bond acceptors (Lipinski definition) is 7. The van der Waals surface area contributed by atoms with Gasteiger partial charge in [0.2, 0.25) is 11.9 Å². The molecule has 7 nitrogen and oxygen atoms in total. The molecule has 1 aromatic rings. The second kappa shape index (κ2) is 7.23. The van der Waals surface area contributed by atoms with Crippen molar-refractivity contribution >= 4 is 11.9 Å². The van der Waals surface area contributed by atoms with Crippen molar-refractivity contribution in [3.05, 3.63) is 0 Å². The minimum absolute atomic E-state index is 0.0120. The Labute approximate surface area is 119 Å². The Morgan fingerprint density at radius 2 is 1.95 bits per heavy atom. The van der Waals surface area contributed by atoms with Crippen LogP contribution in [0.2, 0.25) is 0 Å². The molecule has 7 heteroatoms. The van der Waals surface area contributed by atoms with Crippen LogP contribution in [0, 0.1) is 0 Å². The molecule has 0 aliphatic carbocycles. The molecule has 1 saturated heterocycles. The summed E-state index contributed by atoms with van der Waals surface area (Å²) in [5.74, 6) is 0.654. The molecule has 1 fully saturated rings. The summed E-state index contributed by atoms with van der Waals surface area (Å²) in [4.78, 5) is 14.7. The lowest BCUT2D eigenvalue weighted by molar-refractivity contribution is 0.222. The van der Waals surface area contributed by atoms with Crippen molar-refractivity contribution in [1.82, 2.24) is 19.9 Å². The number of piperidine rings is 1. The number of nitrogen functional groups attached to an aromatic ring is 1. The van der Waals surface area contributed by atoms with E-state index in [9.17, 15) is 0 Å². The van der Waals surface area contributed by atoms with Gasteiger partial charge in [0, 0.05) is 13.1 Å². The van der Waals surface area contributed by atoms with E-state index >= 15 is 0 Å². The topological polar surface area (TPSA) is 89.2 Å². The van der Waals surface area contributed by atoms with E-state index in [1.54, 1.807) is 0 Å². The highest BCUT2D eigenvalue weighted by molar-refractivity contribution is 5.32. The summed E-state index contributed by atoms with van der Waals surface area (Å²) in [6.45, 7) is 7.99. The summed E-state index contributed by atoms with van der Waals surface area (Å²) >= 11 is 0. The van der Waals surface area contributed by atoms with E-state index in [1.807, 2.05) is 13.8 Å². The number of ether oxygens (including phenoxy) is 1. The molecule has 1 aliphatic rings. The van der Waals surface area contributed by atoms with E-state index in [1.165, 1.54) is 32.4 Å². The average molecular weight is 280 g/mol. The number of nitrogens with two attached hydrogens (primary N) is 1. The van der Waals surface area contributed by atoms with E-state index < -0.39 is 0 Å². The standard InChI is InChI=1S/C13H24N6O/c1-10(2)20-13-17-11(14)16-12(18-13)15-6-9-19-7-4-3-5-8-19/h10H,3-9H2,1-2H3,(H3,14,15,16,17,18). The van der Waals surface area contributed by atoms with Gasteiger partial charge in [0.1, 0.15) is 0 Å². The predicted octanol–water partition coefficient (Wildman–Crippen LogP) is 1.14. The molecule has 0 amide bonds. The molecule has 0 aromatic carbocycles. The van der Waals surface area contributed by atoms with Gasteiger partial charge in [-0.05, 0) is 39.8 Å². The molecule has 1 aliphatic heterocycles. The first-order chi connectivity index (χ1) is 9.63. The molecule has 0 radical (unpaired) electrons. The van der Waals surface area contributed by atoms with Gasteiger partial charge >= 0.3 is 6.01 Å². The molecule has 2 heterocycles. The van der Waals surface area contributed by atoms with Crippen LogP contribution in [-0.4, -0.2) is 52.1 Å². The van der Waals surface area contributed by atoms with Crippen molar-refractivity contribution < 1.29 is 4.74 Å². The maximum absolute atomic E-state index is 5.66. The Morgan fingerprint density at radius 1 is 1.20 bits per heavy atom. The summed E-state index contributed by atoms with van der Waals surface area (Å²) < 4.78 is 5.44. The number of hydrogen-bond donors (Lipinski definition) is 2. The van der Waals surface area contributed by atoms with Crippen molar-refractivity contribution in [3.63, 3.8) is 0 Å². The van der Waals surface area contributed by atoms with Gasteiger partial charge in [0.05, 0.1) is 6.10 Å². The molecule has 20 heavy (non-hydrogen) atoms. The minimum Gasteiger partial charge on any atom is -0.461 e. The van der Waals surface area contributed by atoms with Crippen molar-refractivity contribution in [1.29, 1.82) is 0 Å². The van der Waals surface area contributed by atoms with Gasteiger partial charge in [0.15, 0.2) is 0 Å². The van der Waals surface area contributed by atoms with E-state index in [2.05, 4.69) is 25.2 Å². The molecule has 112 valence electrons. The van der Waals surface area contributed by atoms with Gasteiger partial charge in [-0.3, -0.25) is 0 Å². The van der Waals surface area contributed by atoms with Gasteiger partial charge in [-0.1, -0.05) is 6.42 Å². The maximum atomic E-state index is 5.66. The van der Waals surface area contributed by atoms with Crippen LogP contribution in [0.3, 0.4) is 0 Å². The molecule has 2 rings (SSSR count). The van der Waals surface area contributed by atoms with Crippen LogP contribution in [0.5, 0.6) is 6.01 Å². The Bertz CT molecular complexity index is 419. The lowest BCUT2D eigenvalue weighted by Gasteiger charge is -2.26. The zero-order valence-corrected chi connectivity index (χ0v) is 12.3. The van der Waals surface area contributed by atoms with Crippen LogP contribution in [-0.2, 0) is 0 Å². The fourth-order valence-electron chi connectivity index (χ4n) is 2.22. The van der Waals surface area contributed by atoms with Crippen molar-refractivity contribution in [2.45, 2.75) is 39.2 Å². The largest absolute Gasteiger partial charge is 0.461 e. The first-order valence-electron chi connectivity index (χ1n) is 7.28. The van der Waals surface area contributed by atoms with Crippen molar-refractivity contribution in [3.8, 4) is 6.01 Å². The van der Waals surface area contributed by atoms with Crippen molar-refractivity contribution in [2.75, 3.05) is 37.2 Å². The third-order valence-corrected chi connectivity index (χ3v) is 3.13. The zero-order valence-electron chi connectivity index (χ0n) is 12.3. The van der Waals surface area contributed by atoms with Crippen LogP contribution in [0.25, 0.3) is 0 Å². The van der Waals surface area contributed by atoms with E-state index in [0.717, 1.165) is 13.1 Å². The Morgan fingerprint density at radius 3 is 2.65 bits per heavy atom. The van der Waals surface area contributed by atoms with Crippen LogP contribution < -0.4 is 15.8 Å². The van der Waals surface area contributed by atoms with Crippen LogP contribution >= 0.6 is 0 Å². The Balaban J connectivity index is 1.83. The Kier molecular flexibility index (Phi) is 5.34. The number of anilines is 2. The summed E-state index contributed by atoms with van der Waals surface area (Å²) in [5, 5.41) is 3.18. The lowest BCUT2D eigenvalue weighted by atomic mass is 10.1. The summed E-state index contributed by atoms with van der Waals surface area (Å²) in [6.07, 6.45) is 3.96. The lowest BCUT2D eigenvalue weighted by Crippen LogP contribution is -2.34. The molecular weight excluding hydrogens is 256 g/mol. The van der Waals surface area contributed by atoms with E-state index in [0.29, 0.717) is 5.95 Å². The van der Waals surface area contributed by atoms with Crippen LogP contribution in [0.4, 0.5) is 11.9 Å². The van der Waals surface area contributed by atoms with E-state index in [4.69, 9.17) is 10.5 Å². The molecule has 0 spiro atoms. The number of nitrogens with one attached hydrogen (secondary N) is 1. The van der Waals surface area contributed by atoms with Gasteiger partial charge < -0.3 is 20.7 Å². The zero-order chi connectivity index (χ0) is 14.4. The molecular formula is C13H24N6O. The van der Waals surface area contributed by atoms with Crippen LogP contribution in [0.15, 0.2) is 0 Å². The molecule has 0 atom stereocenters. The minimum atomic E-state index is 0.0120. The summed E-state index contributed by atoms with van der Waals surface area (Å²) in [5.41, 5.74) is 5.66. The second-order valence-electron chi connectivity index (χ2n) is 5.30. The van der Waals surface area contributed by atoms with E-state index in [-0.39, 0.29) is 18.1 Å². The first kappa shape index (κ1) is 14.8. The third-order valence-electron chi connectivity index (χ3n) is 3.13. The number of rotatable bonds is 6. The number of likely N-dealkylation sites (tertiary alicyclic amines) is 1. The quantitative estimate of drug-likeness (QED) is 0.807. The van der Waals surface area contributed by atoms with Crippen molar-refractivity contribution in [2.24, 2.45) is 0 Å². The fraction of sp³-hybridized carbons (Fsp3) is 0.769. The highest BCUT2D eigenvalue weighted by Gasteiger charge is 2.10. The molecule has 0 bridgehead atoms. The number of nitrogens with zero attached hydrogens (tertiary/aromatic N) is 4. The third kappa shape index (κ3) is 4.80. The highest BCUT2D eigenvalue weighted by Crippen LogP contribution is 2.11. The monoisotopic (exact) mass is 280 g/mol. The number of aromatic nitrogens is 3. The molecule has 3 N–H and O–H groups in total. The SMILES string of the molecule is CC(C)Oc1nc(N)nc(NCCN2CCCCC2)n1. The van der Waals surface area contributed by atoms with Gasteiger partial charge in [-0.15, -0.1) is 0 Å². The second-order valence-corrected chi connectivity index (χ2v) is 5.30. The van der Waals surface area contributed by atoms with Gasteiger partial charge in [-0.25, -0.2) is 0 Å². The van der Waals surface area contributed by atoms with Gasteiger partial charge in [0.25, 0.3) is 0 Å². The fourth-order valence-corrected chi connectivity index (χ4v) is 2.22. The smallest absolute Gasteiger partial charge is 0.323 e. The summed E-state index contributed by atoms with van der Waals surface area (Å²) in [7, 11) is 0. The normalized spacial score (nSPS) is 16.4. The molecule has 0 saturated carbocycles. The Hall–Kier alpha value is -1.63. The van der Waals surface area contributed by atoms with Gasteiger partial charge in [-0.2, -0.15) is 15.0 Å².